The lowest BCUT2D eigenvalue weighted by Gasteiger charge is -2.29. The molecule has 0 saturated heterocycles. The van der Waals surface area contributed by atoms with Crippen molar-refractivity contribution in [1.29, 1.82) is 0 Å². The van der Waals surface area contributed by atoms with Crippen LogP contribution in [0.15, 0.2) is 22.2 Å². The Labute approximate surface area is 133 Å². The average Bonchev–Trinajstić information content (AvgIpc) is 2.33. The molecular formula is C15H14BrF3O3. The summed E-state index contributed by atoms with van der Waals surface area (Å²) in [5.41, 5.74) is -0.0469. The van der Waals surface area contributed by atoms with Crippen molar-refractivity contribution in [2.45, 2.75) is 38.5 Å². The van der Waals surface area contributed by atoms with Crippen molar-refractivity contribution in [3.8, 4) is 5.75 Å². The minimum atomic E-state index is -4.79. The summed E-state index contributed by atoms with van der Waals surface area (Å²) < 4.78 is 44.7. The van der Waals surface area contributed by atoms with E-state index in [0.29, 0.717) is 10.0 Å². The summed E-state index contributed by atoms with van der Waals surface area (Å²) >= 11 is 3.37. The lowest BCUT2D eigenvalue weighted by molar-refractivity contribution is -0.187. The Balaban J connectivity index is 2.61. The Hall–Kier alpha value is -1.50. The predicted octanol–water partition coefficient (Wildman–Crippen LogP) is 4.54. The van der Waals surface area contributed by atoms with E-state index in [2.05, 4.69) is 15.9 Å². The van der Waals surface area contributed by atoms with E-state index in [-0.39, 0.29) is 11.2 Å². The zero-order valence-corrected chi connectivity index (χ0v) is 13.7. The highest BCUT2D eigenvalue weighted by atomic mass is 79.9. The van der Waals surface area contributed by atoms with Crippen LogP contribution in [-0.2, 0) is 10.2 Å². The largest absolute Gasteiger partial charge is 0.478 e. The Morgan fingerprint density at radius 1 is 1.27 bits per heavy atom. The lowest BCUT2D eigenvalue weighted by atomic mass is 9.85. The minimum absolute atomic E-state index is 0.0282. The third-order valence-corrected chi connectivity index (χ3v) is 3.95. The summed E-state index contributed by atoms with van der Waals surface area (Å²) in [5.74, 6) is -1.62. The molecule has 2 rings (SSSR count). The van der Waals surface area contributed by atoms with Gasteiger partial charge in [-0.15, -0.1) is 0 Å². The van der Waals surface area contributed by atoms with Gasteiger partial charge in [-0.05, 0) is 29.2 Å². The van der Waals surface area contributed by atoms with Crippen LogP contribution in [0.1, 0.15) is 31.9 Å². The number of ether oxygens (including phenoxy) is 1. The molecule has 0 unspecified atom stereocenters. The van der Waals surface area contributed by atoms with E-state index in [9.17, 15) is 18.0 Å². The van der Waals surface area contributed by atoms with E-state index in [1.165, 1.54) is 6.07 Å². The molecule has 1 aliphatic heterocycles. The third-order valence-electron chi connectivity index (χ3n) is 3.29. The highest BCUT2D eigenvalue weighted by Gasteiger charge is 2.48. The summed E-state index contributed by atoms with van der Waals surface area (Å²) in [5, 5.41) is 8.99. The predicted molar refractivity (Wildman–Crippen MR) is 78.9 cm³/mol. The Morgan fingerprint density at radius 3 is 2.32 bits per heavy atom. The number of fused-ring (bicyclic) bond motifs is 1. The quantitative estimate of drug-likeness (QED) is 0.780. The second kappa shape index (κ2) is 5.30. The van der Waals surface area contributed by atoms with Gasteiger partial charge in [-0.2, -0.15) is 13.2 Å². The molecule has 1 N–H and O–H groups in total. The molecule has 0 saturated carbocycles. The maximum absolute atomic E-state index is 13.0. The van der Waals surface area contributed by atoms with E-state index in [0.717, 1.165) is 11.6 Å². The maximum atomic E-state index is 13.0. The first kappa shape index (κ1) is 16.9. The molecule has 0 fully saturated rings. The normalized spacial score (nSPS) is 18.3. The van der Waals surface area contributed by atoms with Gasteiger partial charge in [0.25, 0.3) is 0 Å². The molecule has 1 aromatic carbocycles. The van der Waals surface area contributed by atoms with Crippen molar-refractivity contribution in [1.82, 2.24) is 0 Å². The number of hydrogen-bond donors (Lipinski definition) is 1. The number of rotatable bonds is 1. The standard InChI is InChI=1S/C15H14BrF3O3/c1-14(2,3)9-6-11-7(5-10(9)16)4-8(13(20)21)12(22-11)15(17,18)19/h4-6,12H,1-3H3,(H,20,21)/t12-/m0/s1. The lowest BCUT2D eigenvalue weighted by Crippen LogP contribution is -2.40. The summed E-state index contributed by atoms with van der Waals surface area (Å²) in [7, 11) is 0. The molecule has 1 atom stereocenters. The fraction of sp³-hybridized carbons (Fsp3) is 0.400. The van der Waals surface area contributed by atoms with Gasteiger partial charge in [0, 0.05) is 10.0 Å². The molecule has 22 heavy (non-hydrogen) atoms. The first-order valence-corrected chi connectivity index (χ1v) is 7.23. The molecule has 0 spiro atoms. The van der Waals surface area contributed by atoms with Gasteiger partial charge in [-0.1, -0.05) is 36.7 Å². The molecule has 7 heteroatoms. The van der Waals surface area contributed by atoms with E-state index < -0.39 is 23.8 Å². The van der Waals surface area contributed by atoms with Gasteiger partial charge in [-0.25, -0.2) is 4.79 Å². The Morgan fingerprint density at radius 2 is 1.86 bits per heavy atom. The zero-order valence-electron chi connectivity index (χ0n) is 12.1. The van der Waals surface area contributed by atoms with Crippen LogP contribution in [0.5, 0.6) is 5.75 Å². The monoisotopic (exact) mass is 378 g/mol. The number of benzene rings is 1. The average molecular weight is 379 g/mol. The molecule has 0 amide bonds. The number of carboxylic acid groups (broad SMARTS) is 1. The van der Waals surface area contributed by atoms with Gasteiger partial charge < -0.3 is 9.84 Å². The van der Waals surface area contributed by atoms with Gasteiger partial charge >= 0.3 is 12.1 Å². The van der Waals surface area contributed by atoms with E-state index >= 15 is 0 Å². The summed E-state index contributed by atoms with van der Waals surface area (Å²) in [6, 6.07) is 3.10. The molecule has 0 aliphatic carbocycles. The van der Waals surface area contributed by atoms with Gasteiger partial charge in [0.05, 0.1) is 5.57 Å². The topological polar surface area (TPSA) is 46.5 Å². The summed E-state index contributed by atoms with van der Waals surface area (Å²) in [6.07, 6.45) is -6.25. The van der Waals surface area contributed by atoms with Crippen LogP contribution in [0, 0.1) is 0 Å². The van der Waals surface area contributed by atoms with Gasteiger partial charge in [0.15, 0.2) is 0 Å². The van der Waals surface area contributed by atoms with Crippen LogP contribution in [0.25, 0.3) is 6.08 Å². The van der Waals surface area contributed by atoms with Crippen molar-refractivity contribution in [3.63, 3.8) is 0 Å². The fourth-order valence-electron chi connectivity index (χ4n) is 2.21. The first-order chi connectivity index (χ1) is 9.91. The van der Waals surface area contributed by atoms with Crippen LogP contribution >= 0.6 is 15.9 Å². The molecule has 1 aromatic rings. The molecule has 1 aliphatic rings. The fourth-order valence-corrected chi connectivity index (χ4v) is 3.16. The van der Waals surface area contributed by atoms with Crippen LogP contribution < -0.4 is 4.74 Å². The number of alkyl halides is 3. The maximum Gasteiger partial charge on any atom is 0.430 e. The highest BCUT2D eigenvalue weighted by molar-refractivity contribution is 9.10. The van der Waals surface area contributed by atoms with Crippen LogP contribution in [0.4, 0.5) is 13.2 Å². The number of halogens is 4. The van der Waals surface area contributed by atoms with Gasteiger partial charge in [0.1, 0.15) is 5.75 Å². The third kappa shape index (κ3) is 3.14. The molecule has 0 bridgehead atoms. The van der Waals surface area contributed by atoms with Crippen LogP contribution in [0.2, 0.25) is 0 Å². The summed E-state index contributed by atoms with van der Waals surface area (Å²) in [6.45, 7) is 5.76. The van der Waals surface area contributed by atoms with Crippen LogP contribution in [0.3, 0.4) is 0 Å². The molecule has 3 nitrogen and oxygen atoms in total. The molecule has 0 radical (unpaired) electrons. The Kier molecular flexibility index (Phi) is 4.06. The smallest absolute Gasteiger partial charge is 0.430 e. The van der Waals surface area contributed by atoms with Gasteiger partial charge in [-0.3, -0.25) is 0 Å². The number of carboxylic acids is 1. The first-order valence-electron chi connectivity index (χ1n) is 6.43. The van der Waals surface area contributed by atoms with E-state index in [4.69, 9.17) is 9.84 Å². The van der Waals surface area contributed by atoms with Crippen LogP contribution in [-0.4, -0.2) is 23.4 Å². The van der Waals surface area contributed by atoms with Crippen molar-refractivity contribution < 1.29 is 27.8 Å². The van der Waals surface area contributed by atoms with E-state index in [1.807, 2.05) is 20.8 Å². The van der Waals surface area contributed by atoms with Crippen molar-refractivity contribution >= 4 is 28.0 Å². The second-order valence-electron chi connectivity index (χ2n) is 6.06. The van der Waals surface area contributed by atoms with Crippen molar-refractivity contribution in [2.24, 2.45) is 0 Å². The number of hydrogen-bond acceptors (Lipinski definition) is 2. The Bertz CT molecular complexity index is 657. The zero-order chi connectivity index (χ0) is 16.9. The SMILES string of the molecule is CC(C)(C)c1cc2c(cc1Br)C=C(C(=O)O)[C@@H](C(F)(F)F)O2. The molecule has 120 valence electrons. The minimum Gasteiger partial charge on any atom is -0.478 e. The van der Waals surface area contributed by atoms with Gasteiger partial charge in [0.2, 0.25) is 6.10 Å². The number of aliphatic carboxylic acids is 1. The summed E-state index contributed by atoms with van der Waals surface area (Å²) in [4.78, 5) is 11.1. The molecule has 0 aromatic heterocycles. The molecule has 1 heterocycles. The van der Waals surface area contributed by atoms with Crippen molar-refractivity contribution in [3.05, 3.63) is 33.3 Å². The molecular weight excluding hydrogens is 365 g/mol. The second-order valence-corrected chi connectivity index (χ2v) is 6.92. The number of carbonyl (C=O) groups is 1. The highest BCUT2D eigenvalue weighted by Crippen LogP contribution is 2.41. The van der Waals surface area contributed by atoms with Crippen molar-refractivity contribution in [2.75, 3.05) is 0 Å². The van der Waals surface area contributed by atoms with E-state index in [1.54, 1.807) is 6.07 Å².